The van der Waals surface area contributed by atoms with E-state index in [0.29, 0.717) is 0 Å². The maximum atomic E-state index is 4.23. The zero-order chi connectivity index (χ0) is 14.7. The molecule has 0 aliphatic rings. The highest BCUT2D eigenvalue weighted by atomic mass is 79.9. The first-order valence-corrected chi connectivity index (χ1v) is 7.94. The summed E-state index contributed by atoms with van der Waals surface area (Å²) in [4.78, 5) is 4.23. The fourth-order valence-electron chi connectivity index (χ4n) is 2.58. The Labute approximate surface area is 133 Å². The summed E-state index contributed by atoms with van der Waals surface area (Å²) in [6.07, 6.45) is 5.88. The van der Waals surface area contributed by atoms with Crippen LogP contribution in [0.3, 0.4) is 0 Å². The molecule has 3 rings (SSSR count). The second kappa shape index (κ2) is 6.41. The third-order valence-corrected chi connectivity index (χ3v) is 4.02. The van der Waals surface area contributed by atoms with Gasteiger partial charge in [-0.1, -0.05) is 19.1 Å². The van der Waals surface area contributed by atoms with Crippen molar-refractivity contribution in [3.05, 3.63) is 64.5 Å². The predicted octanol–water partition coefficient (Wildman–Crippen LogP) is 3.96. The van der Waals surface area contributed by atoms with E-state index in [9.17, 15) is 0 Å². The van der Waals surface area contributed by atoms with Gasteiger partial charge in [0.15, 0.2) is 0 Å². The zero-order valence-electron chi connectivity index (χ0n) is 12.0. The highest BCUT2D eigenvalue weighted by molar-refractivity contribution is 9.10. The second-order valence-electron chi connectivity index (χ2n) is 5.09. The van der Waals surface area contributed by atoms with Crippen LogP contribution in [0.4, 0.5) is 0 Å². The molecule has 0 bridgehead atoms. The van der Waals surface area contributed by atoms with E-state index in [4.69, 9.17) is 0 Å². The van der Waals surface area contributed by atoms with Crippen molar-refractivity contribution >= 4 is 26.8 Å². The van der Waals surface area contributed by atoms with E-state index < -0.39 is 0 Å². The molecule has 0 radical (unpaired) electrons. The molecule has 0 amide bonds. The van der Waals surface area contributed by atoms with Crippen molar-refractivity contribution < 1.29 is 0 Å². The summed E-state index contributed by atoms with van der Waals surface area (Å²) in [7, 11) is 0. The predicted molar refractivity (Wildman–Crippen MR) is 90.4 cm³/mol. The Morgan fingerprint density at radius 2 is 2.14 bits per heavy atom. The Morgan fingerprint density at radius 3 is 2.95 bits per heavy atom. The van der Waals surface area contributed by atoms with E-state index in [-0.39, 0.29) is 0 Å². The van der Waals surface area contributed by atoms with Crippen LogP contribution in [0.2, 0.25) is 0 Å². The summed E-state index contributed by atoms with van der Waals surface area (Å²) in [5, 5.41) is 4.72. The van der Waals surface area contributed by atoms with Gasteiger partial charge in [-0.15, -0.1) is 0 Å². The number of nitrogens with one attached hydrogen (secondary N) is 1. The van der Waals surface area contributed by atoms with Crippen LogP contribution in [-0.2, 0) is 13.1 Å². The topological polar surface area (TPSA) is 29.9 Å². The van der Waals surface area contributed by atoms with Crippen LogP contribution in [-0.4, -0.2) is 16.1 Å². The molecular weight excluding hydrogens is 326 g/mol. The standard InChI is InChI=1S/C17H18BrN3/c1-2-19-10-14-4-3-5-17-16(14)6-7-21(17)12-13-8-15(18)11-20-9-13/h3-9,11,19H,2,10,12H2,1H3. The highest BCUT2D eigenvalue weighted by Crippen LogP contribution is 2.22. The van der Waals surface area contributed by atoms with Gasteiger partial charge in [-0.05, 0) is 51.8 Å². The first-order valence-electron chi connectivity index (χ1n) is 7.15. The molecule has 0 saturated heterocycles. The largest absolute Gasteiger partial charge is 0.343 e. The molecule has 0 aliphatic carbocycles. The van der Waals surface area contributed by atoms with Gasteiger partial charge in [-0.3, -0.25) is 4.98 Å². The summed E-state index contributed by atoms with van der Waals surface area (Å²) in [5.41, 5.74) is 3.81. The van der Waals surface area contributed by atoms with Gasteiger partial charge in [0, 0.05) is 47.1 Å². The highest BCUT2D eigenvalue weighted by Gasteiger charge is 2.06. The molecule has 0 spiro atoms. The number of hydrogen-bond donors (Lipinski definition) is 1. The molecule has 0 unspecified atom stereocenters. The van der Waals surface area contributed by atoms with E-state index in [0.717, 1.165) is 24.1 Å². The van der Waals surface area contributed by atoms with Crippen LogP contribution in [0, 0.1) is 0 Å². The molecule has 3 nitrogen and oxygen atoms in total. The van der Waals surface area contributed by atoms with Crippen molar-refractivity contribution in [2.24, 2.45) is 0 Å². The van der Waals surface area contributed by atoms with Crippen molar-refractivity contribution in [2.75, 3.05) is 6.54 Å². The average molecular weight is 344 g/mol. The lowest BCUT2D eigenvalue weighted by Gasteiger charge is -2.08. The minimum atomic E-state index is 0.834. The van der Waals surface area contributed by atoms with E-state index in [1.807, 2.05) is 12.4 Å². The van der Waals surface area contributed by atoms with Gasteiger partial charge in [-0.2, -0.15) is 0 Å². The van der Waals surface area contributed by atoms with Gasteiger partial charge in [-0.25, -0.2) is 0 Å². The molecule has 0 atom stereocenters. The smallest absolute Gasteiger partial charge is 0.0491 e. The molecule has 21 heavy (non-hydrogen) atoms. The minimum Gasteiger partial charge on any atom is -0.343 e. The number of aromatic nitrogens is 2. The van der Waals surface area contributed by atoms with Gasteiger partial charge in [0.25, 0.3) is 0 Å². The fraction of sp³-hybridized carbons (Fsp3) is 0.235. The second-order valence-corrected chi connectivity index (χ2v) is 6.00. The Balaban J connectivity index is 1.93. The molecule has 0 aliphatic heterocycles. The maximum absolute atomic E-state index is 4.23. The van der Waals surface area contributed by atoms with Gasteiger partial charge in [0.05, 0.1) is 0 Å². The van der Waals surface area contributed by atoms with Crippen LogP contribution in [0.5, 0.6) is 0 Å². The molecule has 1 aromatic carbocycles. The van der Waals surface area contributed by atoms with Crippen LogP contribution in [0.25, 0.3) is 10.9 Å². The van der Waals surface area contributed by atoms with Crippen LogP contribution >= 0.6 is 15.9 Å². The molecule has 1 N–H and O–H groups in total. The molecular formula is C17H18BrN3. The van der Waals surface area contributed by atoms with Gasteiger partial charge >= 0.3 is 0 Å². The molecule has 0 fully saturated rings. The van der Waals surface area contributed by atoms with E-state index >= 15 is 0 Å². The van der Waals surface area contributed by atoms with Crippen molar-refractivity contribution in [3.63, 3.8) is 0 Å². The van der Waals surface area contributed by atoms with Gasteiger partial charge < -0.3 is 9.88 Å². The Kier molecular flexibility index (Phi) is 4.36. The molecule has 0 saturated carbocycles. The summed E-state index contributed by atoms with van der Waals surface area (Å²) in [6, 6.07) is 10.8. The molecule has 3 aromatic rings. The Bertz CT molecular complexity index is 749. The minimum absolute atomic E-state index is 0.834. The number of hydrogen-bond acceptors (Lipinski definition) is 2. The first-order chi connectivity index (χ1) is 10.3. The number of halogens is 1. The lowest BCUT2D eigenvalue weighted by atomic mass is 10.1. The number of fused-ring (bicyclic) bond motifs is 1. The summed E-state index contributed by atoms with van der Waals surface area (Å²) in [6.45, 7) is 4.86. The number of benzene rings is 1. The molecule has 4 heteroatoms. The van der Waals surface area contributed by atoms with Crippen LogP contribution < -0.4 is 5.32 Å². The quantitative estimate of drug-likeness (QED) is 0.759. The van der Waals surface area contributed by atoms with Crippen molar-refractivity contribution in [1.82, 2.24) is 14.9 Å². The van der Waals surface area contributed by atoms with Crippen LogP contribution in [0.15, 0.2) is 53.4 Å². The Morgan fingerprint density at radius 1 is 1.24 bits per heavy atom. The molecule has 2 heterocycles. The number of rotatable bonds is 5. The van der Waals surface area contributed by atoms with E-state index in [1.54, 1.807) is 0 Å². The Hall–Kier alpha value is -1.65. The first kappa shape index (κ1) is 14.3. The van der Waals surface area contributed by atoms with Crippen molar-refractivity contribution in [2.45, 2.75) is 20.0 Å². The molecule has 108 valence electrons. The third kappa shape index (κ3) is 3.17. The van der Waals surface area contributed by atoms with Crippen molar-refractivity contribution in [1.29, 1.82) is 0 Å². The SMILES string of the molecule is CCNCc1cccc2c1ccn2Cc1cncc(Br)c1. The number of nitrogens with zero attached hydrogens (tertiary/aromatic N) is 2. The lowest BCUT2D eigenvalue weighted by molar-refractivity contribution is 0.730. The zero-order valence-corrected chi connectivity index (χ0v) is 13.6. The summed E-state index contributed by atoms with van der Waals surface area (Å²) < 4.78 is 3.29. The van der Waals surface area contributed by atoms with Crippen molar-refractivity contribution in [3.8, 4) is 0 Å². The summed E-state index contributed by atoms with van der Waals surface area (Å²) in [5.74, 6) is 0. The van der Waals surface area contributed by atoms with Gasteiger partial charge in [0.1, 0.15) is 0 Å². The third-order valence-electron chi connectivity index (χ3n) is 3.58. The van der Waals surface area contributed by atoms with E-state index in [2.05, 4.69) is 74.3 Å². The number of pyridine rings is 1. The fourth-order valence-corrected chi connectivity index (χ4v) is 2.99. The normalized spacial score (nSPS) is 11.1. The monoisotopic (exact) mass is 343 g/mol. The summed E-state index contributed by atoms with van der Waals surface area (Å²) >= 11 is 3.48. The maximum Gasteiger partial charge on any atom is 0.0491 e. The average Bonchev–Trinajstić information content (AvgIpc) is 2.89. The van der Waals surface area contributed by atoms with E-state index in [1.165, 1.54) is 22.0 Å². The van der Waals surface area contributed by atoms with Gasteiger partial charge in [0.2, 0.25) is 0 Å². The lowest BCUT2D eigenvalue weighted by Crippen LogP contribution is -2.11. The molecule has 2 aromatic heterocycles. The van der Waals surface area contributed by atoms with Crippen LogP contribution in [0.1, 0.15) is 18.1 Å².